The third-order valence-corrected chi connectivity index (χ3v) is 3.94. The summed E-state index contributed by atoms with van der Waals surface area (Å²) in [6.07, 6.45) is 2.00. The number of hydrogen-bond acceptors (Lipinski definition) is 4. The van der Waals surface area contributed by atoms with E-state index in [1.54, 1.807) is 11.3 Å². The van der Waals surface area contributed by atoms with Crippen LogP contribution in [0.4, 0.5) is 0 Å². The molecular formula is C13H20N4S. The number of hydrogen-bond donors (Lipinski definition) is 1. The predicted molar refractivity (Wildman–Crippen MR) is 75.4 cm³/mol. The molecule has 0 radical (unpaired) electrons. The van der Waals surface area contributed by atoms with Crippen LogP contribution in [-0.4, -0.2) is 14.8 Å². The Morgan fingerprint density at radius 2 is 2.06 bits per heavy atom. The van der Waals surface area contributed by atoms with Crippen LogP contribution in [0, 0.1) is 12.3 Å². The molecule has 0 aliphatic rings. The lowest BCUT2D eigenvalue weighted by Gasteiger charge is -2.24. The highest BCUT2D eigenvalue weighted by Crippen LogP contribution is 2.34. The lowest BCUT2D eigenvalue weighted by molar-refractivity contribution is 0.326. The van der Waals surface area contributed by atoms with Gasteiger partial charge in [-0.05, 0) is 12.3 Å². The summed E-state index contributed by atoms with van der Waals surface area (Å²) in [5.74, 6) is 0. The van der Waals surface area contributed by atoms with Gasteiger partial charge in [0.05, 0.1) is 17.4 Å². The Labute approximate surface area is 112 Å². The quantitative estimate of drug-likeness (QED) is 0.907. The second-order valence-electron chi connectivity index (χ2n) is 5.72. The fourth-order valence-electron chi connectivity index (χ4n) is 1.78. The maximum Gasteiger partial charge on any atom is 0.111 e. The van der Waals surface area contributed by atoms with Crippen molar-refractivity contribution in [3.8, 4) is 11.3 Å². The van der Waals surface area contributed by atoms with Gasteiger partial charge in [0, 0.05) is 24.2 Å². The Kier molecular flexibility index (Phi) is 3.29. The van der Waals surface area contributed by atoms with Crippen molar-refractivity contribution in [1.82, 2.24) is 14.8 Å². The van der Waals surface area contributed by atoms with Gasteiger partial charge in [-0.15, -0.1) is 11.3 Å². The molecule has 2 rings (SSSR count). The topological polar surface area (TPSA) is 56.7 Å². The van der Waals surface area contributed by atoms with Gasteiger partial charge in [-0.3, -0.25) is 4.68 Å². The van der Waals surface area contributed by atoms with Crippen LogP contribution in [0.2, 0.25) is 0 Å². The van der Waals surface area contributed by atoms with Gasteiger partial charge in [-0.1, -0.05) is 20.8 Å². The number of aryl methyl sites for hydroxylation is 2. The highest BCUT2D eigenvalue weighted by molar-refractivity contribution is 7.10. The lowest BCUT2D eigenvalue weighted by Crippen LogP contribution is -2.26. The molecule has 0 fully saturated rings. The molecule has 0 aromatic carbocycles. The minimum atomic E-state index is -0.0340. The van der Waals surface area contributed by atoms with E-state index in [4.69, 9.17) is 5.73 Å². The van der Waals surface area contributed by atoms with Crippen LogP contribution in [0.1, 0.15) is 37.5 Å². The van der Waals surface area contributed by atoms with Crippen molar-refractivity contribution in [2.24, 2.45) is 18.2 Å². The second-order valence-corrected chi connectivity index (χ2v) is 6.61. The fourth-order valence-corrected chi connectivity index (χ4v) is 2.84. The third-order valence-electron chi connectivity index (χ3n) is 3.01. The summed E-state index contributed by atoms with van der Waals surface area (Å²) in [5.41, 5.74) is 9.32. The maximum absolute atomic E-state index is 6.23. The molecule has 0 aliphatic carbocycles. The summed E-state index contributed by atoms with van der Waals surface area (Å²) in [6, 6.07) is -0.0340. The van der Waals surface area contributed by atoms with E-state index in [1.807, 2.05) is 24.9 Å². The Bertz CT molecular complexity index is 548. The van der Waals surface area contributed by atoms with Gasteiger partial charge < -0.3 is 5.73 Å². The molecule has 0 amide bonds. The number of aromatic nitrogens is 3. The smallest absolute Gasteiger partial charge is 0.111 e. The van der Waals surface area contributed by atoms with E-state index in [-0.39, 0.29) is 11.5 Å². The van der Waals surface area contributed by atoms with Gasteiger partial charge in [0.2, 0.25) is 0 Å². The van der Waals surface area contributed by atoms with Crippen molar-refractivity contribution >= 4 is 11.3 Å². The van der Waals surface area contributed by atoms with Crippen LogP contribution in [0.5, 0.6) is 0 Å². The number of nitrogens with two attached hydrogens (primary N) is 1. The van der Waals surface area contributed by atoms with Gasteiger partial charge in [0.15, 0.2) is 0 Å². The van der Waals surface area contributed by atoms with Gasteiger partial charge in [-0.25, -0.2) is 4.98 Å². The van der Waals surface area contributed by atoms with E-state index in [1.165, 1.54) is 0 Å². The lowest BCUT2D eigenvalue weighted by atomic mass is 9.88. The highest BCUT2D eigenvalue weighted by atomic mass is 32.1. The van der Waals surface area contributed by atoms with E-state index in [0.717, 1.165) is 22.0 Å². The molecule has 0 aliphatic heterocycles. The molecule has 98 valence electrons. The van der Waals surface area contributed by atoms with Crippen LogP contribution in [-0.2, 0) is 7.05 Å². The van der Waals surface area contributed by atoms with Crippen LogP contribution in [0.15, 0.2) is 11.6 Å². The van der Waals surface area contributed by atoms with Crippen molar-refractivity contribution in [3.63, 3.8) is 0 Å². The first kappa shape index (κ1) is 13.2. The first-order chi connectivity index (χ1) is 8.29. The average Bonchev–Trinajstić information content (AvgIpc) is 2.82. The van der Waals surface area contributed by atoms with E-state index >= 15 is 0 Å². The summed E-state index contributed by atoms with van der Waals surface area (Å²) in [6.45, 7) is 8.40. The minimum absolute atomic E-state index is 0.0269. The summed E-state index contributed by atoms with van der Waals surface area (Å²) in [4.78, 5) is 4.66. The van der Waals surface area contributed by atoms with Crippen molar-refractivity contribution in [2.45, 2.75) is 33.7 Å². The summed E-state index contributed by atoms with van der Waals surface area (Å²) in [7, 11) is 1.92. The Morgan fingerprint density at radius 1 is 1.39 bits per heavy atom. The van der Waals surface area contributed by atoms with E-state index in [2.05, 4.69) is 36.2 Å². The summed E-state index contributed by atoms with van der Waals surface area (Å²) < 4.78 is 1.81. The molecule has 0 saturated carbocycles. The molecule has 4 nitrogen and oxygen atoms in total. The van der Waals surface area contributed by atoms with Crippen molar-refractivity contribution in [1.29, 1.82) is 0 Å². The monoisotopic (exact) mass is 264 g/mol. The zero-order chi connectivity index (χ0) is 13.5. The molecule has 0 spiro atoms. The van der Waals surface area contributed by atoms with Gasteiger partial charge in [0.25, 0.3) is 0 Å². The Balaban J connectivity index is 2.34. The molecule has 18 heavy (non-hydrogen) atoms. The molecule has 0 saturated heterocycles. The van der Waals surface area contributed by atoms with Crippen LogP contribution in [0.25, 0.3) is 11.3 Å². The zero-order valence-corrected chi connectivity index (χ0v) is 12.4. The molecule has 1 unspecified atom stereocenters. The number of rotatable bonds is 2. The van der Waals surface area contributed by atoms with Crippen molar-refractivity contribution in [2.75, 3.05) is 0 Å². The molecule has 2 aromatic heterocycles. The second kappa shape index (κ2) is 4.48. The molecule has 2 N–H and O–H groups in total. The summed E-state index contributed by atoms with van der Waals surface area (Å²) in [5, 5.41) is 7.39. The zero-order valence-electron chi connectivity index (χ0n) is 11.6. The minimum Gasteiger partial charge on any atom is -0.322 e. The third kappa shape index (κ3) is 2.47. The Hall–Kier alpha value is -1.20. The van der Waals surface area contributed by atoms with E-state index in [0.29, 0.717) is 0 Å². The van der Waals surface area contributed by atoms with Crippen LogP contribution >= 0.6 is 11.3 Å². The number of thiazole rings is 1. The standard InChI is InChI=1S/C13H20N4S/c1-8-9(6-17(5)16-8)10-7-18-12(15-10)11(14)13(2,3)4/h6-7,11H,14H2,1-5H3. The fraction of sp³-hybridized carbons (Fsp3) is 0.538. The highest BCUT2D eigenvalue weighted by Gasteiger charge is 2.25. The Morgan fingerprint density at radius 3 is 2.56 bits per heavy atom. The van der Waals surface area contributed by atoms with E-state index in [9.17, 15) is 0 Å². The molecule has 5 heteroatoms. The predicted octanol–water partition coefficient (Wildman–Crippen LogP) is 2.90. The summed E-state index contributed by atoms with van der Waals surface area (Å²) >= 11 is 1.62. The molecule has 2 aromatic rings. The van der Waals surface area contributed by atoms with Crippen LogP contribution < -0.4 is 5.73 Å². The molecule has 2 heterocycles. The van der Waals surface area contributed by atoms with Crippen molar-refractivity contribution in [3.05, 3.63) is 22.3 Å². The first-order valence-electron chi connectivity index (χ1n) is 6.00. The van der Waals surface area contributed by atoms with Crippen LogP contribution in [0.3, 0.4) is 0 Å². The maximum atomic E-state index is 6.23. The first-order valence-corrected chi connectivity index (χ1v) is 6.88. The normalized spacial score (nSPS) is 13.9. The molecular weight excluding hydrogens is 244 g/mol. The van der Waals surface area contributed by atoms with Crippen molar-refractivity contribution < 1.29 is 0 Å². The van der Waals surface area contributed by atoms with E-state index < -0.39 is 0 Å². The van der Waals surface area contributed by atoms with Gasteiger partial charge in [0.1, 0.15) is 5.01 Å². The average molecular weight is 264 g/mol. The molecule has 0 bridgehead atoms. The number of nitrogens with zero attached hydrogens (tertiary/aromatic N) is 3. The van der Waals surface area contributed by atoms with Gasteiger partial charge in [-0.2, -0.15) is 5.10 Å². The largest absolute Gasteiger partial charge is 0.322 e. The molecule has 1 atom stereocenters. The SMILES string of the molecule is Cc1nn(C)cc1-c1csc(C(N)C(C)(C)C)n1. The van der Waals surface area contributed by atoms with Gasteiger partial charge >= 0.3 is 0 Å².